The number of H-pyrrole nitrogens is 1. The number of esters is 2. The van der Waals surface area contributed by atoms with Gasteiger partial charge in [0.1, 0.15) is 0 Å². The lowest BCUT2D eigenvalue weighted by Gasteiger charge is -2.13. The zero-order valence-electron chi connectivity index (χ0n) is 16.8. The number of carbonyl (C=O) groups excluding carboxylic acids is 3. The first-order valence-corrected chi connectivity index (χ1v) is 8.95. The molecular formula is C20H22N2O7. The predicted octanol–water partition coefficient (Wildman–Crippen LogP) is 3.45. The van der Waals surface area contributed by atoms with Crippen LogP contribution in [0.25, 0.3) is 0 Å². The topological polar surface area (TPSA) is 129 Å². The Kier molecular flexibility index (Phi) is 6.53. The van der Waals surface area contributed by atoms with Crippen LogP contribution in [-0.2, 0) is 9.47 Å². The van der Waals surface area contributed by atoms with Crippen molar-refractivity contribution in [2.75, 3.05) is 6.61 Å². The zero-order valence-corrected chi connectivity index (χ0v) is 16.8. The van der Waals surface area contributed by atoms with Gasteiger partial charge in [0.2, 0.25) is 5.78 Å². The van der Waals surface area contributed by atoms with Gasteiger partial charge in [-0.25, -0.2) is 9.59 Å². The number of nitro benzene ring substituents is 1. The minimum Gasteiger partial charge on any atom is -0.462 e. The van der Waals surface area contributed by atoms with Crippen LogP contribution in [0.4, 0.5) is 5.69 Å². The normalized spacial score (nSPS) is 11.6. The van der Waals surface area contributed by atoms with Gasteiger partial charge in [0, 0.05) is 17.3 Å². The predicted molar refractivity (Wildman–Crippen MR) is 103 cm³/mol. The van der Waals surface area contributed by atoms with E-state index in [1.165, 1.54) is 32.0 Å². The molecule has 0 unspecified atom stereocenters. The van der Waals surface area contributed by atoms with Crippen LogP contribution in [0.1, 0.15) is 61.9 Å². The number of benzene rings is 1. The van der Waals surface area contributed by atoms with E-state index in [9.17, 15) is 24.5 Å². The van der Waals surface area contributed by atoms with E-state index in [0.29, 0.717) is 11.3 Å². The quantitative estimate of drug-likeness (QED) is 0.325. The Morgan fingerprint density at radius 1 is 1.14 bits per heavy atom. The summed E-state index contributed by atoms with van der Waals surface area (Å²) in [5.74, 6) is -1.93. The maximum absolute atomic E-state index is 12.8. The molecule has 1 heterocycles. The smallest absolute Gasteiger partial charge is 0.340 e. The van der Waals surface area contributed by atoms with E-state index in [2.05, 4.69) is 4.98 Å². The van der Waals surface area contributed by atoms with Gasteiger partial charge in [-0.15, -0.1) is 0 Å². The number of nitro groups is 1. The first-order valence-electron chi connectivity index (χ1n) is 8.95. The summed E-state index contributed by atoms with van der Waals surface area (Å²) >= 11 is 0. The summed E-state index contributed by atoms with van der Waals surface area (Å²) in [5, 5.41) is 11.0. The molecule has 0 aliphatic rings. The maximum atomic E-state index is 12.8. The van der Waals surface area contributed by atoms with E-state index >= 15 is 0 Å². The van der Waals surface area contributed by atoms with Gasteiger partial charge in [-0.05, 0) is 46.2 Å². The number of hydrogen-bond donors (Lipinski definition) is 1. The molecule has 0 radical (unpaired) electrons. The molecule has 0 amide bonds. The standard InChI is InChI=1S/C20H22N2O7/c1-6-28-20(25)16-11(3)17(21-12(16)4)18(23)13(5)29-19(24)14-8-7-9-15(10(14)2)22(26)27/h7-9,13,21H,6H2,1-5H3/t13-/m1/s1. The van der Waals surface area contributed by atoms with Gasteiger partial charge >= 0.3 is 11.9 Å². The molecule has 0 aliphatic heterocycles. The third-order valence-corrected chi connectivity index (χ3v) is 4.54. The molecule has 9 heteroatoms. The largest absolute Gasteiger partial charge is 0.462 e. The molecule has 0 fully saturated rings. The van der Waals surface area contributed by atoms with Crippen molar-refractivity contribution >= 4 is 23.4 Å². The summed E-state index contributed by atoms with van der Waals surface area (Å²) in [4.78, 5) is 50.6. The molecule has 0 spiro atoms. The molecule has 2 aromatic rings. The van der Waals surface area contributed by atoms with Gasteiger partial charge in [-0.1, -0.05) is 6.07 Å². The summed E-state index contributed by atoms with van der Waals surface area (Å²) < 4.78 is 10.2. The molecule has 1 atom stereocenters. The van der Waals surface area contributed by atoms with Gasteiger partial charge in [-0.3, -0.25) is 14.9 Å². The minimum atomic E-state index is -1.17. The summed E-state index contributed by atoms with van der Waals surface area (Å²) in [7, 11) is 0. The maximum Gasteiger partial charge on any atom is 0.340 e. The summed E-state index contributed by atoms with van der Waals surface area (Å²) in [5.41, 5.74) is 1.22. The molecule has 0 saturated carbocycles. The molecule has 29 heavy (non-hydrogen) atoms. The highest BCUT2D eigenvalue weighted by Crippen LogP contribution is 2.24. The van der Waals surface area contributed by atoms with Crippen LogP contribution in [0.2, 0.25) is 0 Å². The molecular weight excluding hydrogens is 380 g/mol. The summed E-state index contributed by atoms with van der Waals surface area (Å²) in [6.45, 7) is 7.95. The molecule has 1 aromatic carbocycles. The number of aromatic amines is 1. The fourth-order valence-electron chi connectivity index (χ4n) is 3.03. The number of nitrogens with one attached hydrogen (secondary N) is 1. The second kappa shape index (κ2) is 8.68. The van der Waals surface area contributed by atoms with E-state index in [1.807, 2.05) is 0 Å². The van der Waals surface area contributed by atoms with E-state index in [-0.39, 0.29) is 34.7 Å². The number of ketones is 1. The summed E-state index contributed by atoms with van der Waals surface area (Å²) in [6.07, 6.45) is -1.17. The molecule has 154 valence electrons. The van der Waals surface area contributed by atoms with Crippen molar-refractivity contribution in [1.29, 1.82) is 0 Å². The van der Waals surface area contributed by atoms with Crippen molar-refractivity contribution in [2.24, 2.45) is 0 Å². The van der Waals surface area contributed by atoms with E-state index in [0.717, 1.165) is 0 Å². The molecule has 0 saturated heterocycles. The Morgan fingerprint density at radius 3 is 2.38 bits per heavy atom. The second-order valence-electron chi connectivity index (χ2n) is 6.46. The summed E-state index contributed by atoms with van der Waals surface area (Å²) in [6, 6.07) is 4.05. The Balaban J connectivity index is 2.25. The lowest BCUT2D eigenvalue weighted by molar-refractivity contribution is -0.385. The van der Waals surface area contributed by atoms with Crippen LogP contribution >= 0.6 is 0 Å². The van der Waals surface area contributed by atoms with E-state index in [4.69, 9.17) is 9.47 Å². The van der Waals surface area contributed by atoms with Crippen molar-refractivity contribution in [3.05, 3.63) is 62.0 Å². The molecule has 0 bridgehead atoms. The van der Waals surface area contributed by atoms with Gasteiger partial charge in [0.15, 0.2) is 6.10 Å². The fourth-order valence-corrected chi connectivity index (χ4v) is 3.03. The zero-order chi connectivity index (χ0) is 21.9. The second-order valence-corrected chi connectivity index (χ2v) is 6.46. The monoisotopic (exact) mass is 402 g/mol. The average molecular weight is 402 g/mol. The number of aromatic nitrogens is 1. The van der Waals surface area contributed by atoms with Crippen LogP contribution in [0.3, 0.4) is 0 Å². The Hall–Kier alpha value is -3.49. The van der Waals surface area contributed by atoms with Gasteiger partial charge in [-0.2, -0.15) is 0 Å². The van der Waals surface area contributed by atoms with Crippen LogP contribution in [0.15, 0.2) is 18.2 Å². The van der Waals surface area contributed by atoms with Crippen LogP contribution in [-0.4, -0.2) is 40.3 Å². The lowest BCUT2D eigenvalue weighted by Crippen LogP contribution is -2.25. The van der Waals surface area contributed by atoms with Crippen LogP contribution in [0.5, 0.6) is 0 Å². The number of aryl methyl sites for hydroxylation is 1. The molecule has 1 aromatic heterocycles. The number of hydrogen-bond acceptors (Lipinski definition) is 7. The highest BCUT2D eigenvalue weighted by Gasteiger charge is 2.28. The lowest BCUT2D eigenvalue weighted by atomic mass is 10.1. The Labute approximate surface area is 167 Å². The van der Waals surface area contributed by atoms with Crippen molar-refractivity contribution in [3.63, 3.8) is 0 Å². The Bertz CT molecular complexity index is 991. The first-order chi connectivity index (χ1) is 13.6. The van der Waals surface area contributed by atoms with Crippen molar-refractivity contribution in [1.82, 2.24) is 4.98 Å². The number of Topliss-reactive ketones (excluding diaryl/α,β-unsaturated/α-hetero) is 1. The molecule has 2 rings (SSSR count). The number of carbonyl (C=O) groups is 3. The number of nitrogens with zero attached hydrogens (tertiary/aromatic N) is 1. The average Bonchev–Trinajstić information content (AvgIpc) is 2.95. The van der Waals surface area contributed by atoms with Gasteiger partial charge in [0.25, 0.3) is 5.69 Å². The van der Waals surface area contributed by atoms with Gasteiger partial charge < -0.3 is 14.5 Å². The SMILES string of the molecule is CCOC(=O)c1c(C)[nH]c(C(=O)[C@@H](C)OC(=O)c2cccc([N+](=O)[O-])c2C)c1C. The van der Waals surface area contributed by atoms with E-state index in [1.54, 1.807) is 20.8 Å². The minimum absolute atomic E-state index is 0.00505. The molecule has 9 nitrogen and oxygen atoms in total. The van der Waals surface area contributed by atoms with Crippen LogP contribution < -0.4 is 0 Å². The van der Waals surface area contributed by atoms with Gasteiger partial charge in [0.05, 0.1) is 28.4 Å². The molecule has 0 aliphatic carbocycles. The number of ether oxygens (including phenoxy) is 2. The van der Waals surface area contributed by atoms with Crippen molar-refractivity contribution < 1.29 is 28.8 Å². The highest BCUT2D eigenvalue weighted by molar-refractivity contribution is 6.04. The first kappa shape index (κ1) is 21.8. The van der Waals surface area contributed by atoms with Crippen LogP contribution in [0, 0.1) is 30.9 Å². The third kappa shape index (κ3) is 4.34. The highest BCUT2D eigenvalue weighted by atomic mass is 16.6. The van der Waals surface area contributed by atoms with Crippen molar-refractivity contribution in [3.8, 4) is 0 Å². The third-order valence-electron chi connectivity index (χ3n) is 4.54. The molecule has 1 N–H and O–H groups in total. The number of rotatable bonds is 7. The van der Waals surface area contributed by atoms with E-state index < -0.39 is 28.7 Å². The fraction of sp³-hybridized carbons (Fsp3) is 0.350. The van der Waals surface area contributed by atoms with Crippen molar-refractivity contribution in [2.45, 2.75) is 40.7 Å². The Morgan fingerprint density at radius 2 is 1.79 bits per heavy atom.